The van der Waals surface area contributed by atoms with Crippen molar-refractivity contribution >= 4 is 23.2 Å². The Bertz CT molecular complexity index is 963. The van der Waals surface area contributed by atoms with Crippen LogP contribution in [0.4, 0.5) is 0 Å². The third kappa shape index (κ3) is 3.83. The zero-order valence-corrected chi connectivity index (χ0v) is 14.6. The molecule has 0 bridgehead atoms. The molecule has 0 saturated carbocycles. The Kier molecular flexibility index (Phi) is 5.17. The highest BCUT2D eigenvalue weighted by molar-refractivity contribution is 5.84. The van der Waals surface area contributed by atoms with Crippen LogP contribution in [0.1, 0.15) is 18.3 Å². The van der Waals surface area contributed by atoms with Gasteiger partial charge in [-0.25, -0.2) is 10.4 Å². The van der Waals surface area contributed by atoms with Crippen LogP contribution in [0, 0.1) is 0 Å². The van der Waals surface area contributed by atoms with Gasteiger partial charge in [-0.15, -0.1) is 0 Å². The van der Waals surface area contributed by atoms with Crippen LogP contribution in [-0.2, 0) is 18.3 Å². The van der Waals surface area contributed by atoms with Gasteiger partial charge < -0.3 is 14.4 Å². The first-order chi connectivity index (χ1) is 12.6. The van der Waals surface area contributed by atoms with Crippen molar-refractivity contribution in [3.05, 3.63) is 53.9 Å². The number of aromatic hydroxyl groups is 1. The second-order valence-electron chi connectivity index (χ2n) is 5.71. The van der Waals surface area contributed by atoms with Crippen molar-refractivity contribution in [2.45, 2.75) is 13.3 Å². The average Bonchev–Trinajstić information content (AvgIpc) is 2.94. The van der Waals surface area contributed by atoms with Gasteiger partial charge in [0, 0.05) is 7.05 Å². The lowest BCUT2D eigenvalue weighted by atomic mass is 10.2. The summed E-state index contributed by atoms with van der Waals surface area (Å²) in [5.41, 5.74) is 5.03. The normalized spacial score (nSPS) is 11.2. The Morgan fingerprint density at radius 1 is 1.35 bits per heavy atom. The molecule has 0 fully saturated rings. The second kappa shape index (κ2) is 7.69. The number of carbonyl (C=O) groups excluding carboxylic acids is 1. The van der Waals surface area contributed by atoms with E-state index in [1.54, 1.807) is 12.1 Å². The average molecular weight is 352 g/mol. The number of hydrazone groups is 1. The number of phenolic OH excluding ortho intramolecular Hbond substituents is 1. The molecule has 26 heavy (non-hydrogen) atoms. The molecule has 0 aliphatic carbocycles. The highest BCUT2D eigenvalue weighted by Gasteiger charge is 2.11. The number of benzene rings is 2. The van der Waals surface area contributed by atoms with Crippen LogP contribution in [0.3, 0.4) is 0 Å². The lowest BCUT2D eigenvalue weighted by Crippen LogP contribution is -2.21. The van der Waals surface area contributed by atoms with E-state index in [0.717, 1.165) is 11.0 Å². The first-order valence-electron chi connectivity index (χ1n) is 8.26. The number of nitrogens with one attached hydrogen (secondary N) is 1. The van der Waals surface area contributed by atoms with Crippen molar-refractivity contribution in [1.82, 2.24) is 15.0 Å². The Morgan fingerprint density at radius 3 is 2.92 bits per heavy atom. The summed E-state index contributed by atoms with van der Waals surface area (Å²) in [6, 6.07) is 12.6. The molecule has 1 heterocycles. The number of nitrogens with zero attached hydrogens (tertiary/aromatic N) is 3. The number of hydrogen-bond acceptors (Lipinski definition) is 5. The largest absolute Gasteiger partial charge is 0.504 e. The number of imidazole rings is 1. The summed E-state index contributed by atoms with van der Waals surface area (Å²) in [6.45, 7) is 2.28. The number of ether oxygens (including phenoxy) is 1. The van der Waals surface area contributed by atoms with Crippen molar-refractivity contribution in [3.8, 4) is 11.5 Å². The molecule has 0 spiro atoms. The van der Waals surface area contributed by atoms with Gasteiger partial charge in [0.15, 0.2) is 11.5 Å². The minimum atomic E-state index is -0.261. The SMILES string of the molecule is CCOc1cc(/C=N/NC(=O)Cc2nc3ccccc3n2C)ccc1O. The van der Waals surface area contributed by atoms with E-state index in [4.69, 9.17) is 4.74 Å². The maximum Gasteiger partial charge on any atom is 0.247 e. The van der Waals surface area contributed by atoms with Gasteiger partial charge >= 0.3 is 0 Å². The van der Waals surface area contributed by atoms with Crippen LogP contribution >= 0.6 is 0 Å². The predicted octanol–water partition coefficient (Wildman–Crippen LogP) is 2.37. The molecule has 2 N–H and O–H groups in total. The van der Waals surface area contributed by atoms with Crippen molar-refractivity contribution in [2.24, 2.45) is 12.1 Å². The van der Waals surface area contributed by atoms with Crippen LogP contribution in [0.25, 0.3) is 11.0 Å². The molecule has 0 atom stereocenters. The number of hydrogen-bond donors (Lipinski definition) is 2. The molecular weight excluding hydrogens is 332 g/mol. The van der Waals surface area contributed by atoms with Crippen LogP contribution in [0.15, 0.2) is 47.6 Å². The van der Waals surface area contributed by atoms with E-state index in [-0.39, 0.29) is 18.1 Å². The first kappa shape index (κ1) is 17.5. The summed E-state index contributed by atoms with van der Waals surface area (Å²) in [5.74, 6) is 0.850. The zero-order chi connectivity index (χ0) is 18.5. The topological polar surface area (TPSA) is 88.7 Å². The molecule has 7 heteroatoms. The lowest BCUT2D eigenvalue weighted by Gasteiger charge is -2.06. The zero-order valence-electron chi connectivity index (χ0n) is 14.6. The number of amides is 1. The molecule has 0 aliphatic heterocycles. The van der Waals surface area contributed by atoms with Crippen molar-refractivity contribution in [1.29, 1.82) is 0 Å². The lowest BCUT2D eigenvalue weighted by molar-refractivity contribution is -0.120. The number of aryl methyl sites for hydroxylation is 1. The summed E-state index contributed by atoms with van der Waals surface area (Å²) in [5, 5.41) is 13.6. The molecule has 1 amide bonds. The van der Waals surface area contributed by atoms with E-state index >= 15 is 0 Å². The third-order valence-corrected chi connectivity index (χ3v) is 3.89. The van der Waals surface area contributed by atoms with E-state index in [9.17, 15) is 9.90 Å². The second-order valence-corrected chi connectivity index (χ2v) is 5.71. The van der Waals surface area contributed by atoms with E-state index in [2.05, 4.69) is 15.5 Å². The molecule has 3 rings (SSSR count). The van der Waals surface area contributed by atoms with Gasteiger partial charge in [0.25, 0.3) is 0 Å². The van der Waals surface area contributed by atoms with E-state index in [1.807, 2.05) is 42.8 Å². The van der Waals surface area contributed by atoms with E-state index < -0.39 is 0 Å². The van der Waals surface area contributed by atoms with Gasteiger partial charge in [0.1, 0.15) is 5.82 Å². The third-order valence-electron chi connectivity index (χ3n) is 3.89. The number of carbonyl (C=O) groups is 1. The quantitative estimate of drug-likeness (QED) is 0.526. The summed E-state index contributed by atoms with van der Waals surface area (Å²) in [6.07, 6.45) is 1.62. The molecule has 7 nitrogen and oxygen atoms in total. The fraction of sp³-hybridized carbons (Fsp3) is 0.211. The molecule has 3 aromatic rings. The van der Waals surface area contributed by atoms with Gasteiger partial charge in [-0.1, -0.05) is 12.1 Å². The Balaban J connectivity index is 1.64. The van der Waals surface area contributed by atoms with E-state index in [0.29, 0.717) is 23.7 Å². The van der Waals surface area contributed by atoms with Crippen LogP contribution < -0.4 is 10.2 Å². The first-order valence-corrected chi connectivity index (χ1v) is 8.26. The van der Waals surface area contributed by atoms with Crippen molar-refractivity contribution in [3.63, 3.8) is 0 Å². The van der Waals surface area contributed by atoms with Gasteiger partial charge in [-0.2, -0.15) is 5.10 Å². The van der Waals surface area contributed by atoms with Crippen LogP contribution in [-0.4, -0.2) is 33.4 Å². The monoisotopic (exact) mass is 352 g/mol. The van der Waals surface area contributed by atoms with Crippen molar-refractivity contribution < 1.29 is 14.6 Å². The fourth-order valence-corrected chi connectivity index (χ4v) is 2.60. The van der Waals surface area contributed by atoms with Crippen LogP contribution in [0.5, 0.6) is 11.5 Å². The Labute approximate surface area is 150 Å². The maximum absolute atomic E-state index is 12.1. The van der Waals surface area contributed by atoms with Crippen LogP contribution in [0.2, 0.25) is 0 Å². The highest BCUT2D eigenvalue weighted by atomic mass is 16.5. The van der Waals surface area contributed by atoms with Gasteiger partial charge in [0.2, 0.25) is 5.91 Å². The predicted molar refractivity (Wildman–Crippen MR) is 99.4 cm³/mol. The number of phenols is 1. The summed E-state index contributed by atoms with van der Waals surface area (Å²) >= 11 is 0. The Hall–Kier alpha value is -3.35. The minimum absolute atomic E-state index is 0.0647. The number of fused-ring (bicyclic) bond motifs is 1. The van der Waals surface area contributed by atoms with Gasteiger partial charge in [-0.3, -0.25) is 4.79 Å². The fourth-order valence-electron chi connectivity index (χ4n) is 2.60. The summed E-state index contributed by atoms with van der Waals surface area (Å²) in [7, 11) is 1.88. The molecule has 0 saturated heterocycles. The number of rotatable bonds is 6. The number of para-hydroxylation sites is 2. The molecular formula is C19H20N4O3. The maximum atomic E-state index is 12.1. The van der Waals surface area contributed by atoms with Gasteiger partial charge in [-0.05, 0) is 42.8 Å². The molecule has 0 radical (unpaired) electrons. The smallest absolute Gasteiger partial charge is 0.247 e. The molecule has 2 aromatic carbocycles. The standard InChI is InChI=1S/C19H20N4O3/c1-3-26-17-10-13(8-9-16(17)24)12-20-22-19(25)11-18-21-14-6-4-5-7-15(14)23(18)2/h4-10,12,24H,3,11H2,1-2H3,(H,22,25)/b20-12+. The van der Waals surface area contributed by atoms with Gasteiger partial charge in [0.05, 0.1) is 30.3 Å². The Morgan fingerprint density at radius 2 is 2.15 bits per heavy atom. The highest BCUT2D eigenvalue weighted by Crippen LogP contribution is 2.26. The molecule has 0 aliphatic rings. The summed E-state index contributed by atoms with van der Waals surface area (Å²) in [4.78, 5) is 16.6. The number of aromatic nitrogens is 2. The van der Waals surface area contributed by atoms with Crippen molar-refractivity contribution in [2.75, 3.05) is 6.61 Å². The molecule has 0 unspecified atom stereocenters. The molecule has 1 aromatic heterocycles. The van der Waals surface area contributed by atoms with E-state index in [1.165, 1.54) is 12.3 Å². The summed E-state index contributed by atoms with van der Waals surface area (Å²) < 4.78 is 7.21. The minimum Gasteiger partial charge on any atom is -0.504 e. The molecule has 134 valence electrons.